The van der Waals surface area contributed by atoms with Crippen molar-refractivity contribution in [1.29, 1.82) is 0 Å². The number of hydrogen-bond donors (Lipinski definition) is 1. The first kappa shape index (κ1) is 16.5. The van der Waals surface area contributed by atoms with E-state index in [1.165, 1.54) is 25.1 Å². The topological polar surface area (TPSA) is 37.3 Å². The SMILES string of the molecule is C/C(=N\Nc1c(F)c(F)nc(F)c1F)c1ccc(Cl)cc1Cl. The number of rotatable bonds is 3. The van der Waals surface area contributed by atoms with Crippen LogP contribution < -0.4 is 5.43 Å². The van der Waals surface area contributed by atoms with Gasteiger partial charge in [-0.25, -0.2) is 0 Å². The van der Waals surface area contributed by atoms with E-state index in [9.17, 15) is 17.6 Å². The first-order valence-corrected chi connectivity index (χ1v) is 6.52. The molecular formula is C13H7Cl2F4N3. The Morgan fingerprint density at radius 3 is 2.23 bits per heavy atom. The Kier molecular flexibility index (Phi) is 4.87. The average molecular weight is 352 g/mol. The summed E-state index contributed by atoms with van der Waals surface area (Å²) < 4.78 is 52.7. The van der Waals surface area contributed by atoms with Gasteiger partial charge in [0.15, 0.2) is 0 Å². The van der Waals surface area contributed by atoms with Crippen LogP contribution in [0.15, 0.2) is 23.3 Å². The molecule has 0 unspecified atom stereocenters. The molecule has 1 aromatic heterocycles. The van der Waals surface area contributed by atoms with Gasteiger partial charge in [-0.05, 0) is 19.1 Å². The van der Waals surface area contributed by atoms with Gasteiger partial charge < -0.3 is 0 Å². The normalized spacial score (nSPS) is 11.7. The van der Waals surface area contributed by atoms with Gasteiger partial charge in [0.25, 0.3) is 11.9 Å². The van der Waals surface area contributed by atoms with Crippen LogP contribution in [0, 0.1) is 23.5 Å². The van der Waals surface area contributed by atoms with Gasteiger partial charge in [0.05, 0.1) is 10.7 Å². The molecule has 9 heteroatoms. The minimum Gasteiger partial charge on any atom is -0.272 e. The molecule has 22 heavy (non-hydrogen) atoms. The molecule has 116 valence electrons. The lowest BCUT2D eigenvalue weighted by Gasteiger charge is -2.08. The number of halogens is 6. The fourth-order valence-electron chi connectivity index (χ4n) is 1.57. The maximum atomic E-state index is 13.4. The number of pyridine rings is 1. The highest BCUT2D eigenvalue weighted by Crippen LogP contribution is 2.24. The molecule has 0 saturated heterocycles. The fraction of sp³-hybridized carbons (Fsp3) is 0.0769. The summed E-state index contributed by atoms with van der Waals surface area (Å²) in [4.78, 5) is 2.43. The molecule has 1 N–H and O–H groups in total. The molecule has 0 saturated carbocycles. The van der Waals surface area contributed by atoms with Gasteiger partial charge in [-0.2, -0.15) is 27.6 Å². The molecule has 2 aromatic rings. The van der Waals surface area contributed by atoms with Crippen molar-refractivity contribution in [3.63, 3.8) is 0 Å². The number of anilines is 1. The first-order valence-electron chi connectivity index (χ1n) is 5.77. The van der Waals surface area contributed by atoms with Crippen molar-refractivity contribution in [3.8, 4) is 0 Å². The Hall–Kier alpha value is -1.86. The zero-order chi connectivity index (χ0) is 16.4. The van der Waals surface area contributed by atoms with Crippen LogP contribution in [0.1, 0.15) is 12.5 Å². The van der Waals surface area contributed by atoms with E-state index in [0.29, 0.717) is 10.6 Å². The molecule has 0 aliphatic rings. The van der Waals surface area contributed by atoms with Crippen molar-refractivity contribution in [2.24, 2.45) is 5.10 Å². The number of nitrogens with one attached hydrogen (secondary N) is 1. The number of hydrogen-bond acceptors (Lipinski definition) is 3. The smallest absolute Gasteiger partial charge is 0.254 e. The minimum absolute atomic E-state index is 0.220. The van der Waals surface area contributed by atoms with Crippen molar-refractivity contribution >= 4 is 34.6 Å². The maximum absolute atomic E-state index is 13.4. The first-order chi connectivity index (χ1) is 10.3. The second kappa shape index (κ2) is 6.50. The van der Waals surface area contributed by atoms with E-state index in [1.807, 2.05) is 5.43 Å². The number of nitrogens with zero attached hydrogens (tertiary/aromatic N) is 2. The number of aromatic nitrogens is 1. The van der Waals surface area contributed by atoms with Crippen LogP contribution in [0.2, 0.25) is 10.0 Å². The Labute approximate surface area is 132 Å². The second-order valence-corrected chi connectivity index (χ2v) is 4.97. The Morgan fingerprint density at radius 2 is 1.68 bits per heavy atom. The highest BCUT2D eigenvalue weighted by Gasteiger charge is 2.20. The molecule has 0 atom stereocenters. The predicted octanol–water partition coefficient (Wildman–Crippen LogP) is 4.78. The zero-order valence-electron chi connectivity index (χ0n) is 10.9. The van der Waals surface area contributed by atoms with Gasteiger partial charge in [-0.1, -0.05) is 29.3 Å². The molecule has 0 bridgehead atoms. The Morgan fingerprint density at radius 1 is 1.09 bits per heavy atom. The van der Waals surface area contributed by atoms with E-state index in [0.717, 1.165) is 0 Å². The van der Waals surface area contributed by atoms with Crippen LogP contribution in [0.25, 0.3) is 0 Å². The van der Waals surface area contributed by atoms with Crippen LogP contribution in [0.5, 0.6) is 0 Å². The largest absolute Gasteiger partial charge is 0.272 e. The maximum Gasteiger partial charge on any atom is 0.254 e. The average Bonchev–Trinajstić information content (AvgIpc) is 2.45. The molecule has 0 aliphatic heterocycles. The standard InChI is InChI=1S/C13H7Cl2F4N3/c1-5(7-3-2-6(14)4-8(7)15)21-22-11-9(16)12(18)20-13(19)10(11)17/h2-4H,1H3,(H,20,22)/b21-5+. The van der Waals surface area contributed by atoms with Gasteiger partial charge in [0, 0.05) is 10.6 Å². The van der Waals surface area contributed by atoms with E-state index in [4.69, 9.17) is 23.2 Å². The lowest BCUT2D eigenvalue weighted by Crippen LogP contribution is -2.08. The summed E-state index contributed by atoms with van der Waals surface area (Å²) in [5.41, 5.74) is 1.49. The third-order valence-corrected chi connectivity index (χ3v) is 3.20. The van der Waals surface area contributed by atoms with E-state index < -0.39 is 29.2 Å². The quantitative estimate of drug-likeness (QED) is 0.374. The molecule has 1 heterocycles. The van der Waals surface area contributed by atoms with Crippen molar-refractivity contribution in [3.05, 3.63) is 57.3 Å². The summed E-state index contributed by atoms with van der Waals surface area (Å²) in [7, 11) is 0. The summed E-state index contributed by atoms with van der Waals surface area (Å²) in [6.45, 7) is 1.48. The Bertz CT molecular complexity index is 739. The Balaban J connectivity index is 2.36. The summed E-state index contributed by atoms with van der Waals surface area (Å²) in [5, 5.41) is 4.30. The lowest BCUT2D eigenvalue weighted by atomic mass is 10.1. The monoisotopic (exact) mass is 351 g/mol. The predicted molar refractivity (Wildman–Crippen MR) is 76.4 cm³/mol. The zero-order valence-corrected chi connectivity index (χ0v) is 12.4. The van der Waals surface area contributed by atoms with Gasteiger partial charge in [0.2, 0.25) is 11.6 Å². The minimum atomic E-state index is -1.78. The van der Waals surface area contributed by atoms with Crippen LogP contribution in [0.3, 0.4) is 0 Å². The van der Waals surface area contributed by atoms with Crippen LogP contribution in [0.4, 0.5) is 23.2 Å². The molecule has 0 spiro atoms. The molecule has 2 rings (SSSR count). The van der Waals surface area contributed by atoms with Crippen LogP contribution >= 0.6 is 23.2 Å². The van der Waals surface area contributed by atoms with Gasteiger partial charge in [-0.3, -0.25) is 5.43 Å². The molecule has 0 amide bonds. The molecular weight excluding hydrogens is 345 g/mol. The lowest BCUT2D eigenvalue weighted by molar-refractivity contribution is 0.411. The summed E-state index contributed by atoms with van der Waals surface area (Å²) >= 11 is 11.7. The van der Waals surface area contributed by atoms with E-state index in [1.54, 1.807) is 0 Å². The number of benzene rings is 1. The highest BCUT2D eigenvalue weighted by molar-refractivity contribution is 6.37. The van der Waals surface area contributed by atoms with Crippen molar-refractivity contribution < 1.29 is 17.6 Å². The third-order valence-electron chi connectivity index (χ3n) is 2.65. The molecule has 0 fully saturated rings. The fourth-order valence-corrected chi connectivity index (χ4v) is 2.11. The van der Waals surface area contributed by atoms with Gasteiger partial charge in [0.1, 0.15) is 5.69 Å². The molecule has 0 aliphatic carbocycles. The van der Waals surface area contributed by atoms with Crippen molar-refractivity contribution in [1.82, 2.24) is 4.98 Å². The van der Waals surface area contributed by atoms with Crippen LogP contribution in [-0.4, -0.2) is 10.7 Å². The van der Waals surface area contributed by atoms with E-state index >= 15 is 0 Å². The van der Waals surface area contributed by atoms with Gasteiger partial charge >= 0.3 is 0 Å². The van der Waals surface area contributed by atoms with Gasteiger partial charge in [-0.15, -0.1) is 0 Å². The highest BCUT2D eigenvalue weighted by atomic mass is 35.5. The molecule has 3 nitrogen and oxygen atoms in total. The second-order valence-electron chi connectivity index (χ2n) is 4.13. The summed E-state index contributed by atoms with van der Waals surface area (Å²) in [5.74, 6) is -6.92. The number of hydrazone groups is 1. The van der Waals surface area contributed by atoms with Crippen molar-refractivity contribution in [2.75, 3.05) is 5.43 Å². The summed E-state index contributed by atoms with van der Waals surface area (Å²) in [6, 6.07) is 4.52. The van der Waals surface area contributed by atoms with E-state index in [2.05, 4.69) is 10.1 Å². The van der Waals surface area contributed by atoms with E-state index in [-0.39, 0.29) is 10.7 Å². The molecule has 1 aromatic carbocycles. The van der Waals surface area contributed by atoms with Crippen LogP contribution in [-0.2, 0) is 0 Å². The summed E-state index contributed by atoms with van der Waals surface area (Å²) in [6.07, 6.45) is 0. The molecule has 0 radical (unpaired) electrons. The third kappa shape index (κ3) is 3.31. The van der Waals surface area contributed by atoms with Crippen molar-refractivity contribution in [2.45, 2.75) is 6.92 Å².